The molecule has 1 aromatic rings. The molecule has 0 atom stereocenters. The Morgan fingerprint density at radius 2 is 2.11 bits per heavy atom. The smallest absolute Gasteiger partial charge is 0.412 e. The Kier molecular flexibility index (Phi) is 4.53. The largest absolute Gasteiger partial charge is 0.444 e. The Labute approximate surface area is 110 Å². The van der Waals surface area contributed by atoms with Crippen molar-refractivity contribution in [2.45, 2.75) is 33.0 Å². The van der Waals surface area contributed by atoms with E-state index in [-0.39, 0.29) is 16.3 Å². The van der Waals surface area contributed by atoms with Crippen molar-refractivity contribution in [2.75, 3.05) is 5.32 Å². The molecule has 1 amide bonds. The summed E-state index contributed by atoms with van der Waals surface area (Å²) in [6.07, 6.45) is -0.771. The zero-order chi connectivity index (χ0) is 13.9. The van der Waals surface area contributed by atoms with E-state index in [0.29, 0.717) is 0 Å². The summed E-state index contributed by atoms with van der Waals surface area (Å²) in [7, 11) is 0. The minimum atomic E-state index is -0.771. The number of anilines is 1. The van der Waals surface area contributed by atoms with Crippen LogP contribution in [-0.2, 0) is 11.3 Å². The van der Waals surface area contributed by atoms with Gasteiger partial charge in [-0.2, -0.15) is 0 Å². The minimum absolute atomic E-state index is 0.0646. The lowest BCUT2D eigenvalue weighted by molar-refractivity contribution is 0.0635. The molecule has 1 rings (SSSR count). The molecular weight excluding hydrogens is 261 g/mol. The van der Waals surface area contributed by atoms with Crippen LogP contribution in [0.15, 0.2) is 12.1 Å². The predicted molar refractivity (Wildman–Crippen MR) is 67.2 cm³/mol. The molecule has 1 aromatic carbocycles. The molecule has 18 heavy (non-hydrogen) atoms. The number of hydrogen-bond acceptors (Lipinski definition) is 3. The van der Waals surface area contributed by atoms with E-state index in [1.54, 1.807) is 20.8 Å². The zero-order valence-electron chi connectivity index (χ0n) is 10.4. The summed E-state index contributed by atoms with van der Waals surface area (Å²) in [4.78, 5) is 11.5. The van der Waals surface area contributed by atoms with Gasteiger partial charge in [-0.05, 0) is 32.9 Å². The molecule has 0 bridgehead atoms. The van der Waals surface area contributed by atoms with Crippen molar-refractivity contribution >= 4 is 23.4 Å². The van der Waals surface area contributed by atoms with Crippen molar-refractivity contribution in [3.63, 3.8) is 0 Å². The van der Waals surface area contributed by atoms with Gasteiger partial charge >= 0.3 is 6.09 Å². The van der Waals surface area contributed by atoms with Crippen LogP contribution in [0.4, 0.5) is 14.9 Å². The van der Waals surface area contributed by atoms with Gasteiger partial charge in [0, 0.05) is 10.6 Å². The van der Waals surface area contributed by atoms with Crippen LogP contribution in [0.2, 0.25) is 5.02 Å². The van der Waals surface area contributed by atoms with Gasteiger partial charge in [-0.1, -0.05) is 11.6 Å². The van der Waals surface area contributed by atoms with Gasteiger partial charge in [0.1, 0.15) is 5.60 Å². The van der Waals surface area contributed by atoms with Crippen molar-refractivity contribution < 1.29 is 19.0 Å². The van der Waals surface area contributed by atoms with Crippen LogP contribution in [0, 0.1) is 5.82 Å². The second-order valence-electron chi connectivity index (χ2n) is 4.67. The molecule has 0 aliphatic rings. The summed E-state index contributed by atoms with van der Waals surface area (Å²) in [6, 6.07) is 2.70. The number of aliphatic hydroxyl groups is 1. The lowest BCUT2D eigenvalue weighted by atomic mass is 10.2. The van der Waals surface area contributed by atoms with Crippen LogP contribution in [0.5, 0.6) is 0 Å². The number of halogens is 2. The van der Waals surface area contributed by atoms with E-state index < -0.39 is 24.1 Å². The summed E-state index contributed by atoms with van der Waals surface area (Å²) in [5, 5.41) is 11.3. The minimum Gasteiger partial charge on any atom is -0.444 e. The molecule has 0 heterocycles. The third-order valence-electron chi connectivity index (χ3n) is 1.98. The molecule has 2 N–H and O–H groups in total. The molecule has 4 nitrogen and oxygen atoms in total. The Hall–Kier alpha value is -1.33. The Morgan fingerprint density at radius 3 is 2.61 bits per heavy atom. The lowest BCUT2D eigenvalue weighted by Gasteiger charge is -2.20. The predicted octanol–water partition coefficient (Wildman–Crippen LogP) is 3.32. The highest BCUT2D eigenvalue weighted by Crippen LogP contribution is 2.26. The second kappa shape index (κ2) is 5.54. The average Bonchev–Trinajstić information content (AvgIpc) is 2.20. The molecule has 0 fully saturated rings. The van der Waals surface area contributed by atoms with Gasteiger partial charge in [0.05, 0.1) is 12.3 Å². The number of carbonyl (C=O) groups is 1. The molecule has 6 heteroatoms. The van der Waals surface area contributed by atoms with Crippen LogP contribution in [0.1, 0.15) is 26.3 Å². The summed E-state index contributed by atoms with van der Waals surface area (Å²) in [5.41, 5.74) is -0.824. The van der Waals surface area contributed by atoms with E-state index >= 15 is 0 Å². The van der Waals surface area contributed by atoms with Gasteiger partial charge in [0.2, 0.25) is 0 Å². The van der Waals surface area contributed by atoms with E-state index in [2.05, 4.69) is 5.32 Å². The first-order valence-corrected chi connectivity index (χ1v) is 5.70. The quantitative estimate of drug-likeness (QED) is 0.870. The van der Waals surface area contributed by atoms with E-state index in [0.717, 1.165) is 0 Å². The van der Waals surface area contributed by atoms with E-state index in [1.807, 2.05) is 0 Å². The van der Waals surface area contributed by atoms with Gasteiger partial charge in [-0.3, -0.25) is 5.32 Å². The Morgan fingerprint density at radius 1 is 1.50 bits per heavy atom. The molecule has 0 aliphatic heterocycles. The van der Waals surface area contributed by atoms with E-state index in [1.165, 1.54) is 12.1 Å². The van der Waals surface area contributed by atoms with Gasteiger partial charge in [-0.25, -0.2) is 9.18 Å². The summed E-state index contributed by atoms with van der Waals surface area (Å²) in [6.45, 7) is 4.55. The highest BCUT2D eigenvalue weighted by Gasteiger charge is 2.19. The van der Waals surface area contributed by atoms with Gasteiger partial charge < -0.3 is 9.84 Å². The first-order chi connectivity index (χ1) is 8.24. The maximum atomic E-state index is 13.8. The topological polar surface area (TPSA) is 58.6 Å². The molecule has 0 saturated heterocycles. The van der Waals surface area contributed by atoms with Crippen LogP contribution >= 0.6 is 11.6 Å². The number of amides is 1. The average molecular weight is 276 g/mol. The van der Waals surface area contributed by atoms with Gasteiger partial charge in [0.15, 0.2) is 5.82 Å². The fourth-order valence-electron chi connectivity index (χ4n) is 1.25. The molecular formula is C12H15ClFNO3. The third-order valence-corrected chi connectivity index (χ3v) is 2.33. The molecule has 0 unspecified atom stereocenters. The highest BCUT2D eigenvalue weighted by molar-refractivity contribution is 6.31. The number of aliphatic hydroxyl groups excluding tert-OH is 1. The number of nitrogens with one attached hydrogen (secondary N) is 1. The van der Waals surface area contributed by atoms with Crippen LogP contribution in [-0.4, -0.2) is 16.8 Å². The number of rotatable bonds is 2. The highest BCUT2D eigenvalue weighted by atomic mass is 35.5. The molecule has 0 spiro atoms. The monoisotopic (exact) mass is 275 g/mol. The maximum absolute atomic E-state index is 13.8. The van der Waals surface area contributed by atoms with Crippen LogP contribution in [0.25, 0.3) is 0 Å². The number of ether oxygens (including phenoxy) is 1. The Bertz CT molecular complexity index is 457. The SMILES string of the molecule is CC(C)(C)OC(=O)Nc1ccc(Cl)c(CO)c1F. The Balaban J connectivity index is 2.89. The molecule has 100 valence electrons. The van der Waals surface area contributed by atoms with Crippen molar-refractivity contribution in [3.05, 3.63) is 28.5 Å². The summed E-state index contributed by atoms with van der Waals surface area (Å²) >= 11 is 5.70. The summed E-state index contributed by atoms with van der Waals surface area (Å²) in [5.74, 6) is -0.768. The van der Waals surface area contributed by atoms with Crippen molar-refractivity contribution in [1.29, 1.82) is 0 Å². The van der Waals surface area contributed by atoms with Crippen LogP contribution < -0.4 is 5.32 Å². The first-order valence-electron chi connectivity index (χ1n) is 5.32. The lowest BCUT2D eigenvalue weighted by Crippen LogP contribution is -2.27. The molecule has 0 saturated carbocycles. The fourth-order valence-corrected chi connectivity index (χ4v) is 1.46. The number of benzene rings is 1. The molecule has 0 aromatic heterocycles. The van der Waals surface area contributed by atoms with Crippen LogP contribution in [0.3, 0.4) is 0 Å². The normalized spacial score (nSPS) is 11.2. The van der Waals surface area contributed by atoms with Gasteiger partial charge in [0.25, 0.3) is 0 Å². The third kappa shape index (κ3) is 3.85. The van der Waals surface area contributed by atoms with E-state index in [9.17, 15) is 9.18 Å². The fraction of sp³-hybridized carbons (Fsp3) is 0.417. The number of hydrogen-bond donors (Lipinski definition) is 2. The standard InChI is InChI=1S/C12H15ClFNO3/c1-12(2,3)18-11(17)15-9-5-4-8(13)7(6-16)10(9)14/h4-5,16H,6H2,1-3H3,(H,15,17). The van der Waals surface area contributed by atoms with Gasteiger partial charge in [-0.15, -0.1) is 0 Å². The first kappa shape index (κ1) is 14.7. The molecule has 0 aliphatic carbocycles. The van der Waals surface area contributed by atoms with Crippen molar-refractivity contribution in [1.82, 2.24) is 0 Å². The zero-order valence-corrected chi connectivity index (χ0v) is 11.1. The van der Waals surface area contributed by atoms with Crippen molar-refractivity contribution in [3.8, 4) is 0 Å². The number of carbonyl (C=O) groups excluding carboxylic acids is 1. The maximum Gasteiger partial charge on any atom is 0.412 e. The van der Waals surface area contributed by atoms with E-state index in [4.69, 9.17) is 21.4 Å². The summed E-state index contributed by atoms with van der Waals surface area (Å²) < 4.78 is 18.8. The second-order valence-corrected chi connectivity index (χ2v) is 5.08. The van der Waals surface area contributed by atoms with Crippen molar-refractivity contribution in [2.24, 2.45) is 0 Å². The molecule has 0 radical (unpaired) electrons.